The maximum Gasteiger partial charge on any atom is 0.343 e. The average molecular weight is 481 g/mol. The van der Waals surface area contributed by atoms with Crippen molar-refractivity contribution in [3.63, 3.8) is 0 Å². The van der Waals surface area contributed by atoms with E-state index in [4.69, 9.17) is 14.7 Å². The lowest BCUT2D eigenvalue weighted by atomic mass is 9.86. The maximum absolute atomic E-state index is 13.4. The Morgan fingerprint density at radius 2 is 1.97 bits per heavy atom. The van der Waals surface area contributed by atoms with E-state index in [9.17, 15) is 14.7 Å². The van der Waals surface area contributed by atoms with E-state index in [-0.39, 0.29) is 18.6 Å². The van der Waals surface area contributed by atoms with Gasteiger partial charge in [0.25, 0.3) is 5.56 Å². The van der Waals surface area contributed by atoms with Crippen molar-refractivity contribution in [1.29, 1.82) is 0 Å². The molecule has 2 aromatic carbocycles. The highest BCUT2D eigenvalue weighted by molar-refractivity contribution is 6.00. The van der Waals surface area contributed by atoms with E-state index >= 15 is 0 Å². The van der Waals surface area contributed by atoms with Crippen molar-refractivity contribution in [2.45, 2.75) is 39.0 Å². The predicted molar refractivity (Wildman–Crippen MR) is 137 cm³/mol. The molecule has 0 saturated heterocycles. The topological polar surface area (TPSA) is 106 Å². The van der Waals surface area contributed by atoms with Crippen molar-refractivity contribution < 1.29 is 14.6 Å². The summed E-state index contributed by atoms with van der Waals surface area (Å²) in [6, 6.07) is 19.3. The predicted octanol–water partition coefficient (Wildman–Crippen LogP) is 4.24. The summed E-state index contributed by atoms with van der Waals surface area (Å²) in [6.07, 6.45) is 0.109. The van der Waals surface area contributed by atoms with Gasteiger partial charge in [-0.15, -0.1) is 0 Å². The number of rotatable bonds is 3. The standard InChI is InChI=1S/C28H24N4O4/c1-3-28(35)21-13-24-25-17(14-32(24)26(33)20(21)15-36-27(28)34)12-19-22(10-7-11-23(19)31-25)30-16(2)29-18-8-5-4-6-9-18/h4-13,35H,3,14-15H2,1-2H3,(H,29,30)/t28-/m0/s1. The molecule has 2 aliphatic rings. The van der Waals surface area contributed by atoms with E-state index in [1.807, 2.05) is 61.5 Å². The third kappa shape index (κ3) is 3.33. The van der Waals surface area contributed by atoms with Crippen LogP contribution in [0.4, 0.5) is 11.4 Å². The van der Waals surface area contributed by atoms with Crippen molar-refractivity contribution in [2.75, 3.05) is 5.32 Å². The number of carbonyl (C=O) groups is 1. The molecular formula is C28H24N4O4. The van der Waals surface area contributed by atoms with Gasteiger partial charge in [0.1, 0.15) is 12.4 Å². The van der Waals surface area contributed by atoms with Crippen LogP contribution in [0.25, 0.3) is 22.3 Å². The first kappa shape index (κ1) is 22.2. The van der Waals surface area contributed by atoms with E-state index in [0.29, 0.717) is 29.1 Å². The van der Waals surface area contributed by atoms with Gasteiger partial charge in [-0.3, -0.25) is 4.79 Å². The first-order valence-electron chi connectivity index (χ1n) is 11.9. The number of nitrogens with zero attached hydrogens (tertiary/aromatic N) is 3. The van der Waals surface area contributed by atoms with Gasteiger partial charge >= 0.3 is 5.97 Å². The van der Waals surface area contributed by atoms with Gasteiger partial charge in [-0.1, -0.05) is 31.2 Å². The van der Waals surface area contributed by atoms with Crippen LogP contribution in [0.3, 0.4) is 0 Å². The molecule has 0 bridgehead atoms. The number of aliphatic hydroxyl groups is 1. The minimum absolute atomic E-state index is 0.109. The number of cyclic esters (lactones) is 1. The van der Waals surface area contributed by atoms with Gasteiger partial charge in [0.15, 0.2) is 5.60 Å². The van der Waals surface area contributed by atoms with Crippen LogP contribution in [-0.4, -0.2) is 26.5 Å². The zero-order chi connectivity index (χ0) is 25.0. The van der Waals surface area contributed by atoms with Crippen molar-refractivity contribution in [3.8, 4) is 11.4 Å². The summed E-state index contributed by atoms with van der Waals surface area (Å²) in [5.74, 6) is 0.0124. The Bertz CT molecular complexity index is 1640. The van der Waals surface area contributed by atoms with Crippen molar-refractivity contribution in [2.24, 2.45) is 4.99 Å². The molecule has 2 aromatic heterocycles. The number of hydrogen-bond acceptors (Lipinski definition) is 6. The lowest BCUT2D eigenvalue weighted by molar-refractivity contribution is -0.172. The first-order chi connectivity index (χ1) is 17.4. The third-order valence-electron chi connectivity index (χ3n) is 6.92. The number of hydrogen-bond donors (Lipinski definition) is 2. The number of carbonyl (C=O) groups excluding carboxylic acids is 1. The van der Waals surface area contributed by atoms with E-state index < -0.39 is 11.6 Å². The minimum atomic E-state index is -1.84. The Morgan fingerprint density at radius 3 is 2.75 bits per heavy atom. The molecule has 2 aliphatic heterocycles. The SMILES string of the molecule is CC[C@@]1(O)C(=O)OCc2c1cc1n(c2=O)Cc2cc3c(N=C(C)Nc4ccccc4)cccc3nc2-1. The lowest BCUT2D eigenvalue weighted by Gasteiger charge is -2.31. The molecular weight excluding hydrogens is 456 g/mol. The normalized spacial score (nSPS) is 18.4. The number of para-hydroxylation sites is 1. The smallest absolute Gasteiger partial charge is 0.343 e. The number of anilines is 1. The van der Waals surface area contributed by atoms with E-state index in [1.54, 1.807) is 17.6 Å². The number of ether oxygens (including phenoxy) is 1. The maximum atomic E-state index is 13.4. The number of aliphatic imine (C=N–C) groups is 1. The summed E-state index contributed by atoms with van der Waals surface area (Å²) in [4.78, 5) is 35.4. The fraction of sp³-hybridized carbons (Fsp3) is 0.214. The minimum Gasteiger partial charge on any atom is -0.458 e. The third-order valence-corrected chi connectivity index (χ3v) is 6.92. The highest BCUT2D eigenvalue weighted by Crippen LogP contribution is 2.39. The molecule has 8 heteroatoms. The molecule has 0 amide bonds. The zero-order valence-electron chi connectivity index (χ0n) is 19.9. The van der Waals surface area contributed by atoms with Gasteiger partial charge in [-0.25, -0.2) is 14.8 Å². The second-order valence-corrected chi connectivity index (χ2v) is 9.13. The van der Waals surface area contributed by atoms with Crippen LogP contribution in [0.2, 0.25) is 0 Å². The van der Waals surface area contributed by atoms with Gasteiger partial charge in [-0.2, -0.15) is 0 Å². The Morgan fingerprint density at radius 1 is 1.17 bits per heavy atom. The van der Waals surface area contributed by atoms with Gasteiger partial charge in [-0.05, 0) is 49.7 Å². The number of fused-ring (bicyclic) bond motifs is 5. The largest absolute Gasteiger partial charge is 0.458 e. The Kier molecular flexibility index (Phi) is 5.01. The summed E-state index contributed by atoms with van der Waals surface area (Å²) in [5, 5.41) is 15.2. The molecule has 0 radical (unpaired) electrons. The van der Waals surface area contributed by atoms with Crippen LogP contribution in [0, 0.1) is 0 Å². The Hall–Kier alpha value is -4.30. The summed E-state index contributed by atoms with van der Waals surface area (Å²) >= 11 is 0. The molecule has 2 N–H and O–H groups in total. The van der Waals surface area contributed by atoms with E-state index in [2.05, 4.69) is 5.32 Å². The molecule has 8 nitrogen and oxygen atoms in total. The van der Waals surface area contributed by atoms with E-state index in [0.717, 1.165) is 33.7 Å². The molecule has 6 rings (SSSR count). The number of esters is 1. The summed E-state index contributed by atoms with van der Waals surface area (Å²) in [6.45, 7) is 3.80. The van der Waals surface area contributed by atoms with E-state index in [1.165, 1.54) is 0 Å². The number of benzene rings is 2. The monoisotopic (exact) mass is 480 g/mol. The Balaban J connectivity index is 1.46. The molecule has 36 heavy (non-hydrogen) atoms. The number of nitrogens with one attached hydrogen (secondary N) is 1. The van der Waals surface area contributed by atoms with Crippen molar-refractivity contribution >= 4 is 34.1 Å². The molecule has 4 aromatic rings. The zero-order valence-corrected chi connectivity index (χ0v) is 19.9. The molecule has 0 saturated carbocycles. The van der Waals surface area contributed by atoms with Gasteiger partial charge in [0, 0.05) is 22.2 Å². The molecule has 0 fully saturated rings. The van der Waals surface area contributed by atoms with Crippen molar-refractivity contribution in [3.05, 3.63) is 87.7 Å². The lowest BCUT2D eigenvalue weighted by Crippen LogP contribution is -2.44. The molecule has 0 unspecified atom stereocenters. The van der Waals surface area contributed by atoms with Crippen LogP contribution in [0.15, 0.2) is 70.5 Å². The fourth-order valence-electron chi connectivity index (χ4n) is 5.02. The van der Waals surface area contributed by atoms with Gasteiger partial charge < -0.3 is 19.7 Å². The number of amidine groups is 1. The summed E-state index contributed by atoms with van der Waals surface area (Å²) < 4.78 is 6.78. The van der Waals surface area contributed by atoms with Gasteiger partial charge in [0.05, 0.1) is 34.7 Å². The van der Waals surface area contributed by atoms with Crippen LogP contribution in [0.5, 0.6) is 0 Å². The highest BCUT2D eigenvalue weighted by atomic mass is 16.6. The van der Waals surface area contributed by atoms with Crippen molar-refractivity contribution in [1.82, 2.24) is 9.55 Å². The summed E-state index contributed by atoms with van der Waals surface area (Å²) in [7, 11) is 0. The summed E-state index contributed by atoms with van der Waals surface area (Å²) in [5.41, 5.74) is 3.11. The quantitative estimate of drug-likeness (QED) is 0.227. The molecule has 0 spiro atoms. The second-order valence-electron chi connectivity index (χ2n) is 9.13. The highest BCUT2D eigenvalue weighted by Gasteiger charge is 2.45. The Labute approximate surface area is 206 Å². The molecule has 180 valence electrons. The van der Waals surface area contributed by atoms with Crippen LogP contribution in [-0.2, 0) is 28.3 Å². The fourth-order valence-corrected chi connectivity index (χ4v) is 5.02. The molecule has 4 heterocycles. The molecule has 1 atom stereocenters. The van der Waals surface area contributed by atoms with Crippen LogP contribution < -0.4 is 10.9 Å². The second kappa shape index (κ2) is 8.13. The number of aromatic nitrogens is 2. The van der Waals surface area contributed by atoms with Gasteiger partial charge in [0.2, 0.25) is 0 Å². The average Bonchev–Trinajstić information content (AvgIpc) is 3.24. The molecule has 0 aliphatic carbocycles. The van der Waals surface area contributed by atoms with Crippen LogP contribution in [0.1, 0.15) is 37.0 Å². The van der Waals surface area contributed by atoms with Crippen LogP contribution >= 0.6 is 0 Å². The number of pyridine rings is 2. The first-order valence-corrected chi connectivity index (χ1v) is 11.9.